The molecule has 0 aliphatic carbocycles. The summed E-state index contributed by atoms with van der Waals surface area (Å²) >= 11 is 0. The van der Waals surface area contributed by atoms with Crippen LogP contribution in [0.4, 0.5) is 5.69 Å². The van der Waals surface area contributed by atoms with Gasteiger partial charge in [-0.1, -0.05) is 51.3 Å². The molecule has 1 heterocycles. The van der Waals surface area contributed by atoms with Crippen molar-refractivity contribution >= 4 is 17.5 Å². The first-order valence-corrected chi connectivity index (χ1v) is 9.89. The van der Waals surface area contributed by atoms with Crippen molar-refractivity contribution in [3.63, 3.8) is 0 Å². The molecular weight excluding hydrogens is 326 g/mol. The number of carbonyl (C=O) groups excluding carboxylic acids is 2. The molecule has 2 N–H and O–H groups in total. The zero-order chi connectivity index (χ0) is 18.9. The van der Waals surface area contributed by atoms with E-state index in [0.717, 1.165) is 56.4 Å². The molecule has 0 atom stereocenters. The molecule has 1 aromatic carbocycles. The van der Waals surface area contributed by atoms with Crippen molar-refractivity contribution in [3.8, 4) is 0 Å². The lowest BCUT2D eigenvalue weighted by molar-refractivity contribution is -0.130. The van der Waals surface area contributed by atoms with Crippen molar-refractivity contribution in [2.75, 3.05) is 24.5 Å². The van der Waals surface area contributed by atoms with Gasteiger partial charge in [0, 0.05) is 31.7 Å². The zero-order valence-corrected chi connectivity index (χ0v) is 16.2. The molecule has 1 aliphatic heterocycles. The third kappa shape index (κ3) is 5.84. The van der Waals surface area contributed by atoms with Gasteiger partial charge in [0.15, 0.2) is 0 Å². The number of hydrogen-bond acceptors (Lipinski definition) is 3. The van der Waals surface area contributed by atoms with Gasteiger partial charge in [-0.3, -0.25) is 9.59 Å². The smallest absolute Gasteiger partial charge is 0.236 e. The van der Waals surface area contributed by atoms with Crippen LogP contribution in [0.15, 0.2) is 24.3 Å². The van der Waals surface area contributed by atoms with Crippen molar-refractivity contribution < 1.29 is 9.59 Å². The molecule has 144 valence electrons. The number of nitrogens with zero attached hydrogens (tertiary/aromatic N) is 2. The van der Waals surface area contributed by atoms with Crippen LogP contribution in [-0.4, -0.2) is 36.3 Å². The fourth-order valence-corrected chi connectivity index (χ4v) is 3.48. The average molecular weight is 360 g/mol. The topological polar surface area (TPSA) is 66.6 Å². The lowest BCUT2D eigenvalue weighted by Gasteiger charge is -2.29. The Labute approximate surface area is 157 Å². The van der Waals surface area contributed by atoms with Gasteiger partial charge in [0.2, 0.25) is 11.8 Å². The van der Waals surface area contributed by atoms with Crippen molar-refractivity contribution in [3.05, 3.63) is 29.8 Å². The van der Waals surface area contributed by atoms with E-state index < -0.39 is 0 Å². The van der Waals surface area contributed by atoms with Crippen molar-refractivity contribution in [1.82, 2.24) is 4.90 Å². The van der Waals surface area contributed by atoms with Crippen molar-refractivity contribution in [2.45, 2.75) is 58.9 Å². The highest BCUT2D eigenvalue weighted by Gasteiger charge is 2.21. The predicted molar refractivity (Wildman–Crippen MR) is 106 cm³/mol. The molecule has 5 heteroatoms. The summed E-state index contributed by atoms with van der Waals surface area (Å²) in [6.07, 6.45) is 5.92. The number of para-hydroxylation sites is 1. The van der Waals surface area contributed by atoms with Gasteiger partial charge < -0.3 is 15.5 Å². The summed E-state index contributed by atoms with van der Waals surface area (Å²) in [5.41, 5.74) is 7.57. The number of nitrogens with two attached hydrogens (primary N) is 1. The summed E-state index contributed by atoms with van der Waals surface area (Å²) in [6.45, 7) is 6.15. The largest absolute Gasteiger partial charge is 0.337 e. The Hall–Kier alpha value is -1.88. The van der Waals surface area contributed by atoms with Gasteiger partial charge >= 0.3 is 0 Å². The summed E-state index contributed by atoms with van der Waals surface area (Å²) in [6, 6.07) is 7.97. The van der Waals surface area contributed by atoms with Crippen LogP contribution in [0.3, 0.4) is 0 Å². The molecule has 0 radical (unpaired) electrons. The van der Waals surface area contributed by atoms with Gasteiger partial charge in [0.05, 0.1) is 6.54 Å². The monoisotopic (exact) mass is 359 g/mol. The van der Waals surface area contributed by atoms with E-state index in [4.69, 9.17) is 5.73 Å². The average Bonchev–Trinajstić information content (AvgIpc) is 2.61. The Morgan fingerprint density at radius 1 is 1.00 bits per heavy atom. The van der Waals surface area contributed by atoms with Gasteiger partial charge in [-0.15, -0.1) is 0 Å². The first-order chi connectivity index (χ1) is 12.5. The van der Waals surface area contributed by atoms with Gasteiger partial charge in [0.25, 0.3) is 0 Å². The third-order valence-electron chi connectivity index (χ3n) is 4.86. The molecule has 0 fully saturated rings. The van der Waals surface area contributed by atoms with Crippen LogP contribution in [0.2, 0.25) is 0 Å². The summed E-state index contributed by atoms with van der Waals surface area (Å²) in [5.74, 6) is 0.462. The second-order valence-electron chi connectivity index (χ2n) is 7.56. The molecule has 2 amide bonds. The van der Waals surface area contributed by atoms with E-state index >= 15 is 0 Å². The van der Waals surface area contributed by atoms with E-state index in [0.29, 0.717) is 18.9 Å². The molecule has 2 rings (SSSR count). The molecule has 0 bridgehead atoms. The molecule has 1 aromatic rings. The second-order valence-corrected chi connectivity index (χ2v) is 7.56. The minimum atomic E-state index is -0.0306. The summed E-state index contributed by atoms with van der Waals surface area (Å²) in [4.78, 5) is 28.9. The Bertz CT molecular complexity index is 601. The number of hydrogen-bond donors (Lipinski definition) is 1. The number of fused-ring (bicyclic) bond motifs is 1. The Balaban J connectivity index is 2.34. The van der Waals surface area contributed by atoms with E-state index in [-0.39, 0.29) is 18.4 Å². The quantitative estimate of drug-likeness (QED) is 0.900. The number of rotatable bonds is 3. The predicted octanol–water partition coefficient (Wildman–Crippen LogP) is 3.32. The first kappa shape index (κ1) is 20.4. The highest BCUT2D eigenvalue weighted by atomic mass is 16.2. The third-order valence-corrected chi connectivity index (χ3v) is 4.86. The van der Waals surface area contributed by atoms with Crippen LogP contribution in [0, 0.1) is 5.92 Å². The van der Waals surface area contributed by atoms with Crippen LogP contribution < -0.4 is 10.6 Å². The molecule has 0 saturated carbocycles. The summed E-state index contributed by atoms with van der Waals surface area (Å²) < 4.78 is 0. The van der Waals surface area contributed by atoms with Crippen molar-refractivity contribution in [1.29, 1.82) is 0 Å². The molecule has 0 spiro atoms. The second kappa shape index (κ2) is 10.3. The molecular formula is C21H33N3O2. The van der Waals surface area contributed by atoms with Crippen LogP contribution in [0.25, 0.3) is 0 Å². The fraction of sp³-hybridized carbons (Fsp3) is 0.619. The van der Waals surface area contributed by atoms with Crippen LogP contribution >= 0.6 is 0 Å². The van der Waals surface area contributed by atoms with Crippen LogP contribution in [0.5, 0.6) is 0 Å². The molecule has 1 aliphatic rings. The van der Waals surface area contributed by atoms with Gasteiger partial charge in [-0.2, -0.15) is 0 Å². The number of anilines is 1. The number of benzene rings is 1. The molecule has 5 nitrogen and oxygen atoms in total. The van der Waals surface area contributed by atoms with E-state index in [2.05, 4.69) is 13.8 Å². The van der Waals surface area contributed by atoms with E-state index in [9.17, 15) is 9.59 Å². The van der Waals surface area contributed by atoms with E-state index in [1.165, 1.54) is 0 Å². The van der Waals surface area contributed by atoms with Gasteiger partial charge in [0.1, 0.15) is 0 Å². The minimum Gasteiger partial charge on any atom is -0.337 e. The minimum absolute atomic E-state index is 0.0260. The maximum atomic E-state index is 12.9. The van der Waals surface area contributed by atoms with Crippen molar-refractivity contribution in [2.24, 2.45) is 11.7 Å². The maximum absolute atomic E-state index is 12.9. The molecule has 0 unspecified atom stereocenters. The standard InChI is InChI=1S/C21H33N3O2/c1-17(2)14-20(25)24-13-9-5-3-4-8-12-23(21(26)15-22)16-18-10-6-7-11-19(18)24/h6-7,10-11,17H,3-5,8-9,12-16,22H2,1-2H3. The number of amides is 2. The van der Waals surface area contributed by atoms with E-state index in [1.54, 1.807) is 0 Å². The summed E-state index contributed by atoms with van der Waals surface area (Å²) in [5, 5.41) is 0. The maximum Gasteiger partial charge on any atom is 0.236 e. The lowest BCUT2D eigenvalue weighted by atomic mass is 10.0. The first-order valence-electron chi connectivity index (χ1n) is 9.89. The van der Waals surface area contributed by atoms with Gasteiger partial charge in [-0.05, 0) is 30.4 Å². The normalized spacial score (nSPS) is 16.6. The van der Waals surface area contributed by atoms with Gasteiger partial charge in [-0.25, -0.2) is 0 Å². The fourth-order valence-electron chi connectivity index (χ4n) is 3.48. The zero-order valence-electron chi connectivity index (χ0n) is 16.2. The number of carbonyl (C=O) groups is 2. The lowest BCUT2D eigenvalue weighted by Crippen LogP contribution is -2.38. The Morgan fingerprint density at radius 3 is 2.35 bits per heavy atom. The highest BCUT2D eigenvalue weighted by Crippen LogP contribution is 2.25. The summed E-state index contributed by atoms with van der Waals surface area (Å²) in [7, 11) is 0. The van der Waals surface area contributed by atoms with E-state index in [1.807, 2.05) is 34.1 Å². The highest BCUT2D eigenvalue weighted by molar-refractivity contribution is 5.94. The Morgan fingerprint density at radius 2 is 1.65 bits per heavy atom. The SMILES string of the molecule is CC(C)CC(=O)N1CCCCCCCN(C(=O)CN)Cc2ccccc21. The molecule has 26 heavy (non-hydrogen) atoms. The molecule has 0 aromatic heterocycles. The van der Waals surface area contributed by atoms with Crippen LogP contribution in [0.1, 0.15) is 57.9 Å². The van der Waals surface area contributed by atoms with Crippen LogP contribution in [-0.2, 0) is 16.1 Å². The Kier molecular flexibility index (Phi) is 8.10. The molecule has 0 saturated heterocycles.